The summed E-state index contributed by atoms with van der Waals surface area (Å²) in [4.78, 5) is 14.9. The van der Waals surface area contributed by atoms with E-state index in [1.54, 1.807) is 10.9 Å². The summed E-state index contributed by atoms with van der Waals surface area (Å²) in [5.41, 5.74) is 2.26. The summed E-state index contributed by atoms with van der Waals surface area (Å²) >= 11 is 0. The third-order valence-electron chi connectivity index (χ3n) is 4.60. The number of hydrogen-bond donors (Lipinski definition) is 0. The predicted molar refractivity (Wildman–Crippen MR) is 112 cm³/mol. The molecule has 0 aliphatic rings. The maximum absolute atomic E-state index is 12.9. The Morgan fingerprint density at radius 3 is 2.55 bits per heavy atom. The first-order valence-corrected chi connectivity index (χ1v) is 9.55. The molecule has 0 radical (unpaired) electrons. The maximum Gasteiger partial charge on any atom is 0.296 e. The number of nitrogens with zero attached hydrogens (tertiary/aromatic N) is 5. The highest BCUT2D eigenvalue weighted by Gasteiger charge is 2.11. The molecule has 0 unspecified atom stereocenters. The normalized spacial score (nSPS) is 11.3. The molecule has 0 bridgehead atoms. The molecule has 148 valence electrons. The molecular formula is C22H23N5O2. The van der Waals surface area contributed by atoms with E-state index in [4.69, 9.17) is 4.74 Å². The van der Waals surface area contributed by atoms with E-state index < -0.39 is 0 Å². The SMILES string of the molecule is CCOc1ccc(CN(C)Cn2ncc3cn(-c4ccccc4)nc3c2=O)cc1. The van der Waals surface area contributed by atoms with Gasteiger partial charge in [-0.1, -0.05) is 30.3 Å². The van der Waals surface area contributed by atoms with Crippen molar-refractivity contribution in [3.05, 3.63) is 82.9 Å². The molecule has 2 heterocycles. The van der Waals surface area contributed by atoms with Crippen molar-refractivity contribution in [3.8, 4) is 11.4 Å². The average Bonchev–Trinajstić information content (AvgIpc) is 3.18. The molecule has 0 spiro atoms. The van der Waals surface area contributed by atoms with Crippen molar-refractivity contribution in [3.63, 3.8) is 0 Å². The molecule has 0 saturated carbocycles. The molecule has 4 rings (SSSR count). The largest absolute Gasteiger partial charge is 0.494 e. The van der Waals surface area contributed by atoms with Crippen molar-refractivity contribution in [2.75, 3.05) is 13.7 Å². The van der Waals surface area contributed by atoms with Crippen LogP contribution >= 0.6 is 0 Å². The fourth-order valence-corrected chi connectivity index (χ4v) is 3.22. The van der Waals surface area contributed by atoms with E-state index in [0.717, 1.165) is 22.4 Å². The summed E-state index contributed by atoms with van der Waals surface area (Å²) in [6.07, 6.45) is 3.51. The summed E-state index contributed by atoms with van der Waals surface area (Å²) < 4.78 is 8.63. The molecule has 0 amide bonds. The van der Waals surface area contributed by atoms with Gasteiger partial charge >= 0.3 is 0 Å². The van der Waals surface area contributed by atoms with Crippen molar-refractivity contribution in [2.45, 2.75) is 20.1 Å². The fraction of sp³-hybridized carbons (Fsp3) is 0.227. The topological polar surface area (TPSA) is 65.2 Å². The van der Waals surface area contributed by atoms with Crippen molar-refractivity contribution >= 4 is 10.9 Å². The lowest BCUT2D eigenvalue weighted by Gasteiger charge is -2.17. The molecule has 2 aromatic heterocycles. The molecule has 2 aromatic carbocycles. The molecule has 0 aliphatic carbocycles. The second kappa shape index (κ2) is 8.28. The van der Waals surface area contributed by atoms with E-state index in [1.165, 1.54) is 4.68 Å². The van der Waals surface area contributed by atoms with Crippen LogP contribution in [0.5, 0.6) is 5.75 Å². The molecule has 0 aliphatic heterocycles. The van der Waals surface area contributed by atoms with Crippen molar-refractivity contribution in [1.82, 2.24) is 24.5 Å². The van der Waals surface area contributed by atoms with Gasteiger partial charge in [-0.15, -0.1) is 0 Å². The summed E-state index contributed by atoms with van der Waals surface area (Å²) in [5, 5.41) is 9.52. The quantitative estimate of drug-likeness (QED) is 0.486. The van der Waals surface area contributed by atoms with Crippen LogP contribution in [0.1, 0.15) is 12.5 Å². The van der Waals surface area contributed by atoms with Crippen LogP contribution in [0.15, 0.2) is 71.8 Å². The van der Waals surface area contributed by atoms with Gasteiger partial charge in [-0.2, -0.15) is 10.2 Å². The highest BCUT2D eigenvalue weighted by molar-refractivity contribution is 5.76. The number of aromatic nitrogens is 4. The van der Waals surface area contributed by atoms with Gasteiger partial charge in [0.25, 0.3) is 5.56 Å². The van der Waals surface area contributed by atoms with Gasteiger partial charge in [-0.25, -0.2) is 9.36 Å². The zero-order valence-electron chi connectivity index (χ0n) is 16.5. The number of ether oxygens (including phenoxy) is 1. The van der Waals surface area contributed by atoms with E-state index in [9.17, 15) is 4.79 Å². The molecule has 0 fully saturated rings. The van der Waals surface area contributed by atoms with Gasteiger partial charge in [-0.3, -0.25) is 9.69 Å². The van der Waals surface area contributed by atoms with E-state index >= 15 is 0 Å². The van der Waals surface area contributed by atoms with E-state index in [1.807, 2.05) is 79.7 Å². The van der Waals surface area contributed by atoms with Crippen molar-refractivity contribution in [2.24, 2.45) is 0 Å². The van der Waals surface area contributed by atoms with Gasteiger partial charge in [0.2, 0.25) is 0 Å². The zero-order chi connectivity index (χ0) is 20.2. The Balaban J connectivity index is 1.51. The second-order valence-electron chi connectivity index (χ2n) is 6.89. The predicted octanol–water partition coefficient (Wildman–Crippen LogP) is 3.07. The summed E-state index contributed by atoms with van der Waals surface area (Å²) in [5.74, 6) is 0.858. The summed E-state index contributed by atoms with van der Waals surface area (Å²) in [7, 11) is 1.96. The van der Waals surface area contributed by atoms with E-state index in [-0.39, 0.29) is 5.56 Å². The molecule has 0 N–H and O–H groups in total. The monoisotopic (exact) mass is 389 g/mol. The molecule has 29 heavy (non-hydrogen) atoms. The highest BCUT2D eigenvalue weighted by atomic mass is 16.5. The number of para-hydroxylation sites is 1. The number of rotatable bonds is 7. The van der Waals surface area contributed by atoms with Crippen LogP contribution in [0, 0.1) is 0 Å². The Labute approximate surface area is 168 Å². The van der Waals surface area contributed by atoms with Crippen molar-refractivity contribution in [1.29, 1.82) is 0 Å². The van der Waals surface area contributed by atoms with Gasteiger partial charge in [-0.05, 0) is 43.8 Å². The Hall–Kier alpha value is -3.45. The van der Waals surface area contributed by atoms with Crippen molar-refractivity contribution < 1.29 is 4.74 Å². The van der Waals surface area contributed by atoms with E-state index in [0.29, 0.717) is 25.3 Å². The van der Waals surface area contributed by atoms with Gasteiger partial charge < -0.3 is 4.74 Å². The van der Waals surface area contributed by atoms with Crippen LogP contribution in [-0.2, 0) is 13.2 Å². The lowest BCUT2D eigenvalue weighted by Crippen LogP contribution is -2.31. The van der Waals surface area contributed by atoms with Crippen LogP contribution in [0.2, 0.25) is 0 Å². The van der Waals surface area contributed by atoms with E-state index in [2.05, 4.69) is 10.2 Å². The van der Waals surface area contributed by atoms with Crippen LogP contribution in [0.25, 0.3) is 16.6 Å². The molecule has 0 saturated heterocycles. The smallest absolute Gasteiger partial charge is 0.296 e. The van der Waals surface area contributed by atoms with Crippen LogP contribution in [0.4, 0.5) is 0 Å². The number of fused-ring (bicyclic) bond motifs is 1. The minimum Gasteiger partial charge on any atom is -0.494 e. The molecule has 7 heteroatoms. The standard InChI is InChI=1S/C22H23N5O2/c1-3-29-20-11-9-17(10-12-20)14-25(2)16-27-22(28)21-18(13-23-27)15-26(24-21)19-7-5-4-6-8-19/h4-13,15H,3,14,16H2,1-2H3. The van der Waals surface area contributed by atoms with Gasteiger partial charge in [0, 0.05) is 18.1 Å². The second-order valence-corrected chi connectivity index (χ2v) is 6.89. The Kier molecular flexibility index (Phi) is 5.39. The third-order valence-corrected chi connectivity index (χ3v) is 4.60. The Morgan fingerprint density at radius 1 is 1.07 bits per heavy atom. The van der Waals surface area contributed by atoms with Crippen LogP contribution in [-0.4, -0.2) is 38.1 Å². The molecular weight excluding hydrogens is 366 g/mol. The highest BCUT2D eigenvalue weighted by Crippen LogP contribution is 2.14. The van der Waals surface area contributed by atoms with Gasteiger partial charge in [0.05, 0.1) is 25.2 Å². The minimum absolute atomic E-state index is 0.198. The molecule has 0 atom stereocenters. The molecule has 4 aromatic rings. The molecule has 7 nitrogen and oxygen atoms in total. The number of benzene rings is 2. The van der Waals surface area contributed by atoms with Crippen LogP contribution < -0.4 is 10.3 Å². The minimum atomic E-state index is -0.198. The van der Waals surface area contributed by atoms with Gasteiger partial charge in [0.1, 0.15) is 5.75 Å². The Bertz CT molecular complexity index is 1150. The van der Waals surface area contributed by atoms with Crippen LogP contribution in [0.3, 0.4) is 0 Å². The fourth-order valence-electron chi connectivity index (χ4n) is 3.22. The Morgan fingerprint density at radius 2 is 1.83 bits per heavy atom. The van der Waals surface area contributed by atoms with Gasteiger partial charge in [0.15, 0.2) is 5.52 Å². The number of hydrogen-bond acceptors (Lipinski definition) is 5. The summed E-state index contributed by atoms with van der Waals surface area (Å²) in [6.45, 7) is 3.68. The zero-order valence-corrected chi connectivity index (χ0v) is 16.5. The first-order valence-electron chi connectivity index (χ1n) is 9.55. The average molecular weight is 389 g/mol. The lowest BCUT2D eigenvalue weighted by molar-refractivity contribution is 0.240. The third kappa shape index (κ3) is 4.20. The first kappa shape index (κ1) is 18.9. The maximum atomic E-state index is 12.9. The lowest BCUT2D eigenvalue weighted by atomic mass is 10.2. The first-order chi connectivity index (χ1) is 14.1. The summed E-state index contributed by atoms with van der Waals surface area (Å²) in [6, 6.07) is 17.7.